The van der Waals surface area contributed by atoms with E-state index in [9.17, 15) is 4.39 Å². The van der Waals surface area contributed by atoms with Crippen LogP contribution in [0.3, 0.4) is 0 Å². The van der Waals surface area contributed by atoms with Crippen molar-refractivity contribution >= 4 is 11.3 Å². The van der Waals surface area contributed by atoms with E-state index in [1.165, 1.54) is 16.5 Å². The SMILES string of the molecule is CNCc1cc(-c2ccc(F)cc2C)cs1. The number of hydrogen-bond acceptors (Lipinski definition) is 2. The number of hydrogen-bond donors (Lipinski definition) is 1. The number of nitrogens with one attached hydrogen (secondary N) is 1. The summed E-state index contributed by atoms with van der Waals surface area (Å²) in [4.78, 5) is 1.29. The normalized spacial score (nSPS) is 10.7. The summed E-state index contributed by atoms with van der Waals surface area (Å²) in [6, 6.07) is 7.08. The molecule has 1 N–H and O–H groups in total. The maximum absolute atomic E-state index is 13.0. The van der Waals surface area contributed by atoms with Gasteiger partial charge < -0.3 is 5.32 Å². The molecule has 0 saturated heterocycles. The molecule has 0 amide bonds. The van der Waals surface area contributed by atoms with Crippen LogP contribution in [0.2, 0.25) is 0 Å². The van der Waals surface area contributed by atoms with Crippen LogP contribution in [0, 0.1) is 12.7 Å². The lowest BCUT2D eigenvalue weighted by Crippen LogP contribution is -2.02. The van der Waals surface area contributed by atoms with E-state index in [-0.39, 0.29) is 5.82 Å². The standard InChI is InChI=1S/C13H14FNS/c1-9-5-11(14)3-4-13(9)10-6-12(7-15-2)16-8-10/h3-6,8,15H,7H2,1-2H3. The van der Waals surface area contributed by atoms with Crippen LogP contribution < -0.4 is 5.32 Å². The van der Waals surface area contributed by atoms with Gasteiger partial charge in [0, 0.05) is 11.4 Å². The molecule has 0 aliphatic carbocycles. The lowest BCUT2D eigenvalue weighted by atomic mass is 10.0. The summed E-state index contributed by atoms with van der Waals surface area (Å²) in [5.41, 5.74) is 3.27. The third-order valence-electron chi connectivity index (χ3n) is 2.50. The van der Waals surface area contributed by atoms with Crippen molar-refractivity contribution in [2.45, 2.75) is 13.5 Å². The average molecular weight is 235 g/mol. The molecule has 0 saturated carbocycles. The molecule has 0 fully saturated rings. The van der Waals surface area contributed by atoms with Crippen molar-refractivity contribution in [2.24, 2.45) is 0 Å². The maximum atomic E-state index is 13.0. The molecule has 0 atom stereocenters. The van der Waals surface area contributed by atoms with Gasteiger partial charge in [-0.3, -0.25) is 0 Å². The fraction of sp³-hybridized carbons (Fsp3) is 0.231. The molecule has 0 aliphatic heterocycles. The molecule has 84 valence electrons. The largest absolute Gasteiger partial charge is 0.315 e. The van der Waals surface area contributed by atoms with Gasteiger partial charge in [-0.1, -0.05) is 6.07 Å². The van der Waals surface area contributed by atoms with Crippen LogP contribution in [0.5, 0.6) is 0 Å². The topological polar surface area (TPSA) is 12.0 Å². The second-order valence-corrected chi connectivity index (χ2v) is 4.79. The van der Waals surface area contributed by atoms with Gasteiger partial charge in [-0.25, -0.2) is 4.39 Å². The minimum Gasteiger partial charge on any atom is -0.315 e. The molecule has 1 nitrogen and oxygen atoms in total. The van der Waals surface area contributed by atoms with Gasteiger partial charge in [0.1, 0.15) is 5.82 Å². The first-order valence-electron chi connectivity index (χ1n) is 5.19. The number of halogens is 1. The van der Waals surface area contributed by atoms with E-state index in [1.807, 2.05) is 20.0 Å². The predicted molar refractivity (Wildman–Crippen MR) is 67.2 cm³/mol. The first kappa shape index (κ1) is 11.3. The molecule has 0 bridgehead atoms. The molecule has 0 spiro atoms. The Balaban J connectivity index is 2.35. The number of rotatable bonds is 3. The van der Waals surface area contributed by atoms with Crippen LogP contribution in [0.25, 0.3) is 11.1 Å². The molecule has 2 aromatic rings. The van der Waals surface area contributed by atoms with Crippen molar-refractivity contribution in [3.63, 3.8) is 0 Å². The van der Waals surface area contributed by atoms with Gasteiger partial charge in [-0.15, -0.1) is 11.3 Å². The molecular weight excluding hydrogens is 221 g/mol. The van der Waals surface area contributed by atoms with Crippen LogP contribution in [0.15, 0.2) is 29.6 Å². The van der Waals surface area contributed by atoms with Gasteiger partial charge in [-0.2, -0.15) is 0 Å². The van der Waals surface area contributed by atoms with Gasteiger partial charge in [0.15, 0.2) is 0 Å². The molecule has 1 aromatic heterocycles. The Labute approximate surface area is 98.9 Å². The molecule has 1 heterocycles. The molecule has 3 heteroatoms. The summed E-state index contributed by atoms with van der Waals surface area (Å²) in [7, 11) is 1.93. The van der Waals surface area contributed by atoms with Crippen molar-refractivity contribution in [2.75, 3.05) is 7.05 Å². The molecular formula is C13H14FNS. The van der Waals surface area contributed by atoms with Crippen molar-refractivity contribution in [1.82, 2.24) is 5.32 Å². The average Bonchev–Trinajstić information content (AvgIpc) is 2.67. The van der Waals surface area contributed by atoms with Crippen LogP contribution in [0.1, 0.15) is 10.4 Å². The van der Waals surface area contributed by atoms with Gasteiger partial charge >= 0.3 is 0 Å². The smallest absolute Gasteiger partial charge is 0.123 e. The Hall–Kier alpha value is -1.19. The van der Waals surface area contributed by atoms with Crippen molar-refractivity contribution in [1.29, 1.82) is 0 Å². The lowest BCUT2D eigenvalue weighted by molar-refractivity contribution is 0.627. The zero-order valence-electron chi connectivity index (χ0n) is 9.38. The number of thiophene rings is 1. The summed E-state index contributed by atoms with van der Waals surface area (Å²) < 4.78 is 13.0. The first-order valence-corrected chi connectivity index (χ1v) is 6.07. The van der Waals surface area contributed by atoms with E-state index < -0.39 is 0 Å². The van der Waals surface area contributed by atoms with Crippen LogP contribution in [0.4, 0.5) is 4.39 Å². The van der Waals surface area contributed by atoms with E-state index in [4.69, 9.17) is 0 Å². The summed E-state index contributed by atoms with van der Waals surface area (Å²) in [6.07, 6.45) is 0. The summed E-state index contributed by atoms with van der Waals surface area (Å²) in [5, 5.41) is 5.24. The van der Waals surface area contributed by atoms with Gasteiger partial charge in [0.05, 0.1) is 0 Å². The Morgan fingerprint density at radius 1 is 1.31 bits per heavy atom. The van der Waals surface area contributed by atoms with Crippen LogP contribution >= 0.6 is 11.3 Å². The monoisotopic (exact) mass is 235 g/mol. The Kier molecular flexibility index (Phi) is 3.36. The van der Waals surface area contributed by atoms with Gasteiger partial charge in [-0.05, 0) is 54.2 Å². The molecule has 2 rings (SSSR count). The zero-order valence-corrected chi connectivity index (χ0v) is 10.2. The number of benzene rings is 1. The molecule has 0 unspecified atom stereocenters. The van der Waals surface area contributed by atoms with E-state index in [0.717, 1.165) is 17.7 Å². The van der Waals surface area contributed by atoms with Crippen molar-refractivity contribution in [3.05, 3.63) is 45.9 Å². The fourth-order valence-electron chi connectivity index (χ4n) is 1.74. The Morgan fingerprint density at radius 3 is 2.81 bits per heavy atom. The van der Waals surface area contributed by atoms with E-state index in [0.29, 0.717) is 0 Å². The summed E-state index contributed by atoms with van der Waals surface area (Å²) >= 11 is 1.73. The molecule has 16 heavy (non-hydrogen) atoms. The summed E-state index contributed by atoms with van der Waals surface area (Å²) in [6.45, 7) is 2.82. The third kappa shape index (κ3) is 2.31. The zero-order chi connectivity index (χ0) is 11.5. The van der Waals surface area contributed by atoms with Crippen LogP contribution in [-0.4, -0.2) is 7.05 Å². The second-order valence-electron chi connectivity index (χ2n) is 3.79. The number of aryl methyl sites for hydroxylation is 1. The van der Waals surface area contributed by atoms with E-state index in [1.54, 1.807) is 17.4 Å². The van der Waals surface area contributed by atoms with E-state index in [2.05, 4.69) is 16.8 Å². The Bertz CT molecular complexity index is 490. The fourth-order valence-corrected chi connectivity index (χ4v) is 2.64. The van der Waals surface area contributed by atoms with Gasteiger partial charge in [0.25, 0.3) is 0 Å². The highest BCUT2D eigenvalue weighted by Gasteiger charge is 2.05. The van der Waals surface area contributed by atoms with Gasteiger partial charge in [0.2, 0.25) is 0 Å². The minimum absolute atomic E-state index is 0.174. The highest BCUT2D eigenvalue weighted by Crippen LogP contribution is 2.28. The minimum atomic E-state index is -0.174. The third-order valence-corrected chi connectivity index (χ3v) is 3.44. The first-order chi connectivity index (χ1) is 7.70. The van der Waals surface area contributed by atoms with E-state index >= 15 is 0 Å². The molecule has 0 aliphatic rings. The van der Waals surface area contributed by atoms with Crippen molar-refractivity contribution < 1.29 is 4.39 Å². The quantitative estimate of drug-likeness (QED) is 0.857. The summed E-state index contributed by atoms with van der Waals surface area (Å²) in [5.74, 6) is -0.174. The Morgan fingerprint density at radius 2 is 2.12 bits per heavy atom. The highest BCUT2D eigenvalue weighted by molar-refractivity contribution is 7.10. The van der Waals surface area contributed by atoms with Crippen molar-refractivity contribution in [3.8, 4) is 11.1 Å². The lowest BCUT2D eigenvalue weighted by Gasteiger charge is -2.02. The highest BCUT2D eigenvalue weighted by atomic mass is 32.1. The predicted octanol–water partition coefficient (Wildman–Crippen LogP) is 3.58. The maximum Gasteiger partial charge on any atom is 0.123 e. The molecule has 0 radical (unpaired) electrons. The molecule has 1 aromatic carbocycles. The van der Waals surface area contributed by atoms with Crippen LogP contribution in [-0.2, 0) is 6.54 Å². The second kappa shape index (κ2) is 4.76.